The van der Waals surface area contributed by atoms with Gasteiger partial charge in [-0.3, -0.25) is 4.90 Å². The summed E-state index contributed by atoms with van der Waals surface area (Å²) in [5.41, 5.74) is 0.0585. The maximum absolute atomic E-state index is 5.88. The minimum Gasteiger partial charge on any atom is -0.380 e. The molecule has 1 aliphatic rings. The molecule has 1 rings (SSSR count). The van der Waals surface area contributed by atoms with E-state index in [1.54, 1.807) is 7.11 Å². The van der Waals surface area contributed by atoms with E-state index in [0.29, 0.717) is 6.10 Å². The molecule has 0 aromatic rings. The molecule has 0 N–H and O–H groups in total. The molecule has 1 fully saturated rings. The van der Waals surface area contributed by atoms with Crippen molar-refractivity contribution < 1.29 is 9.47 Å². The molecule has 15 heavy (non-hydrogen) atoms. The van der Waals surface area contributed by atoms with Crippen LogP contribution in [0.3, 0.4) is 0 Å². The highest BCUT2D eigenvalue weighted by Crippen LogP contribution is 2.30. The quantitative estimate of drug-likeness (QED) is 0.718. The summed E-state index contributed by atoms with van der Waals surface area (Å²) >= 11 is 0. The molecule has 1 saturated heterocycles. The summed E-state index contributed by atoms with van der Waals surface area (Å²) in [5, 5.41) is 0. The molecule has 0 aliphatic carbocycles. The van der Waals surface area contributed by atoms with E-state index in [1.165, 1.54) is 0 Å². The van der Waals surface area contributed by atoms with Gasteiger partial charge in [0.05, 0.1) is 18.3 Å². The third-order valence-corrected chi connectivity index (χ3v) is 3.22. The highest BCUT2D eigenvalue weighted by Gasteiger charge is 2.40. The average Bonchev–Trinajstić information content (AvgIpc) is 2.39. The van der Waals surface area contributed by atoms with Crippen molar-refractivity contribution in [3.63, 3.8) is 0 Å². The van der Waals surface area contributed by atoms with Crippen LogP contribution in [0.1, 0.15) is 34.1 Å². The number of rotatable bonds is 3. The first-order valence-electron chi connectivity index (χ1n) is 5.65. The van der Waals surface area contributed by atoms with Crippen molar-refractivity contribution >= 4 is 0 Å². The summed E-state index contributed by atoms with van der Waals surface area (Å²) < 4.78 is 11.3. The molecule has 0 bridgehead atoms. The van der Waals surface area contributed by atoms with Gasteiger partial charge in [-0.25, -0.2) is 0 Å². The number of methoxy groups -OCH3 is 1. The largest absolute Gasteiger partial charge is 0.380 e. The van der Waals surface area contributed by atoms with Crippen LogP contribution in [-0.4, -0.2) is 49.5 Å². The van der Waals surface area contributed by atoms with Gasteiger partial charge in [0.15, 0.2) is 0 Å². The Bertz CT molecular complexity index is 212. The highest BCUT2D eigenvalue weighted by atomic mass is 16.5. The van der Waals surface area contributed by atoms with Crippen molar-refractivity contribution in [1.29, 1.82) is 0 Å². The Hall–Kier alpha value is -0.120. The van der Waals surface area contributed by atoms with Crippen molar-refractivity contribution in [3.05, 3.63) is 0 Å². The fourth-order valence-electron chi connectivity index (χ4n) is 1.94. The van der Waals surface area contributed by atoms with Gasteiger partial charge in [-0.05, 0) is 41.2 Å². The number of hydrogen-bond donors (Lipinski definition) is 0. The van der Waals surface area contributed by atoms with Crippen LogP contribution in [0.2, 0.25) is 0 Å². The Morgan fingerprint density at radius 3 is 2.40 bits per heavy atom. The second kappa shape index (κ2) is 4.40. The third-order valence-electron chi connectivity index (χ3n) is 3.22. The first kappa shape index (κ1) is 12.9. The van der Waals surface area contributed by atoms with Crippen LogP contribution in [0.5, 0.6) is 0 Å². The van der Waals surface area contributed by atoms with Crippen LogP contribution in [0.15, 0.2) is 0 Å². The van der Waals surface area contributed by atoms with Crippen molar-refractivity contribution in [3.8, 4) is 0 Å². The molecule has 90 valence electrons. The zero-order chi connectivity index (χ0) is 11.7. The number of likely N-dealkylation sites (N-methyl/N-ethyl adjacent to an activating group) is 1. The summed E-state index contributed by atoms with van der Waals surface area (Å²) in [7, 11) is 3.93. The van der Waals surface area contributed by atoms with Crippen LogP contribution >= 0.6 is 0 Å². The van der Waals surface area contributed by atoms with E-state index in [1.807, 2.05) is 0 Å². The van der Waals surface area contributed by atoms with Crippen LogP contribution in [-0.2, 0) is 9.47 Å². The summed E-state index contributed by atoms with van der Waals surface area (Å²) in [4.78, 5) is 2.34. The van der Waals surface area contributed by atoms with E-state index in [9.17, 15) is 0 Å². The number of nitrogens with zero attached hydrogens (tertiary/aromatic N) is 1. The predicted molar refractivity (Wildman–Crippen MR) is 62.2 cm³/mol. The number of likely N-dealkylation sites (tertiary alicyclic amines) is 1. The minimum atomic E-state index is -0.0605. The molecule has 3 nitrogen and oxygen atoms in total. The Labute approximate surface area is 93.7 Å². The molecule has 0 saturated carbocycles. The minimum absolute atomic E-state index is 0.0605. The van der Waals surface area contributed by atoms with E-state index >= 15 is 0 Å². The summed E-state index contributed by atoms with van der Waals surface area (Å²) in [6, 6.07) is 0. The van der Waals surface area contributed by atoms with Crippen molar-refractivity contribution in [2.24, 2.45) is 0 Å². The van der Waals surface area contributed by atoms with Gasteiger partial charge < -0.3 is 9.47 Å². The van der Waals surface area contributed by atoms with E-state index in [4.69, 9.17) is 9.47 Å². The van der Waals surface area contributed by atoms with Crippen LogP contribution < -0.4 is 0 Å². The third kappa shape index (κ3) is 3.44. The van der Waals surface area contributed by atoms with Gasteiger partial charge in [0.2, 0.25) is 0 Å². The lowest BCUT2D eigenvalue weighted by molar-refractivity contribution is -0.0524. The molecule has 0 aromatic carbocycles. The van der Waals surface area contributed by atoms with Crippen LogP contribution in [0.25, 0.3) is 0 Å². The standard InChI is InChI=1S/C12H25NO2/c1-11(2,3)15-9-12(4)7-10(14-6)8-13(12)5/h10H,7-9H2,1-6H3/t10-,12+/m1/s1. The Kier molecular flexibility index (Phi) is 3.80. The van der Waals surface area contributed by atoms with Crippen molar-refractivity contribution in [1.82, 2.24) is 4.90 Å². The van der Waals surface area contributed by atoms with E-state index < -0.39 is 0 Å². The van der Waals surface area contributed by atoms with Crippen LogP contribution in [0.4, 0.5) is 0 Å². The van der Waals surface area contributed by atoms with Crippen molar-refractivity contribution in [2.45, 2.75) is 51.4 Å². The normalized spacial score (nSPS) is 33.6. The zero-order valence-electron chi connectivity index (χ0n) is 11.0. The fourth-order valence-corrected chi connectivity index (χ4v) is 1.94. The van der Waals surface area contributed by atoms with Gasteiger partial charge in [0, 0.05) is 19.2 Å². The molecule has 3 heteroatoms. The second-order valence-electron chi connectivity index (χ2n) is 5.84. The monoisotopic (exact) mass is 215 g/mol. The Morgan fingerprint density at radius 1 is 1.40 bits per heavy atom. The lowest BCUT2D eigenvalue weighted by atomic mass is 9.99. The topological polar surface area (TPSA) is 21.7 Å². The van der Waals surface area contributed by atoms with Gasteiger partial charge in [0.25, 0.3) is 0 Å². The maximum Gasteiger partial charge on any atom is 0.0716 e. The Morgan fingerprint density at radius 2 is 2.00 bits per heavy atom. The lowest BCUT2D eigenvalue weighted by Gasteiger charge is -2.34. The molecule has 0 spiro atoms. The lowest BCUT2D eigenvalue weighted by Crippen LogP contribution is -2.44. The molecule has 0 aromatic heterocycles. The maximum atomic E-state index is 5.88. The molecule has 0 amide bonds. The highest BCUT2D eigenvalue weighted by molar-refractivity contribution is 4.95. The average molecular weight is 215 g/mol. The zero-order valence-corrected chi connectivity index (χ0v) is 11.0. The van der Waals surface area contributed by atoms with Crippen LogP contribution in [0, 0.1) is 0 Å². The van der Waals surface area contributed by atoms with Gasteiger partial charge in [-0.15, -0.1) is 0 Å². The fraction of sp³-hybridized carbons (Fsp3) is 1.00. The molecule has 1 heterocycles. The molecule has 0 radical (unpaired) electrons. The van der Waals surface area contributed by atoms with Gasteiger partial charge in [-0.1, -0.05) is 0 Å². The first-order valence-corrected chi connectivity index (χ1v) is 5.65. The SMILES string of the molecule is CO[C@H]1CN(C)[C@](C)(COC(C)(C)C)C1. The van der Waals surface area contributed by atoms with E-state index in [0.717, 1.165) is 19.6 Å². The van der Waals surface area contributed by atoms with Gasteiger partial charge in [0.1, 0.15) is 0 Å². The van der Waals surface area contributed by atoms with Gasteiger partial charge >= 0.3 is 0 Å². The summed E-state index contributed by atoms with van der Waals surface area (Å²) in [6.45, 7) is 10.3. The molecule has 0 unspecified atom stereocenters. The van der Waals surface area contributed by atoms with Gasteiger partial charge in [-0.2, -0.15) is 0 Å². The smallest absolute Gasteiger partial charge is 0.0716 e. The summed E-state index contributed by atoms with van der Waals surface area (Å²) in [6.07, 6.45) is 1.40. The van der Waals surface area contributed by atoms with E-state index in [-0.39, 0.29) is 11.1 Å². The number of ether oxygens (including phenoxy) is 2. The summed E-state index contributed by atoms with van der Waals surface area (Å²) in [5.74, 6) is 0. The number of hydrogen-bond acceptors (Lipinski definition) is 3. The Balaban J connectivity index is 2.52. The molecular formula is C12H25NO2. The van der Waals surface area contributed by atoms with Crippen molar-refractivity contribution in [2.75, 3.05) is 27.3 Å². The predicted octanol–water partition coefficient (Wildman–Crippen LogP) is 1.91. The molecule has 2 atom stereocenters. The first-order chi connectivity index (χ1) is 6.77. The molecule has 1 aliphatic heterocycles. The van der Waals surface area contributed by atoms with E-state index in [2.05, 4.69) is 39.6 Å². The molecular weight excluding hydrogens is 190 g/mol. The second-order valence-corrected chi connectivity index (χ2v) is 5.84.